The second-order valence-corrected chi connectivity index (χ2v) is 4.56. The molecule has 5 nitrogen and oxygen atoms in total. The van der Waals surface area contributed by atoms with Crippen molar-refractivity contribution >= 4 is 11.0 Å². The van der Waals surface area contributed by atoms with Crippen molar-refractivity contribution in [3.05, 3.63) is 48.7 Å². The predicted octanol–water partition coefficient (Wildman–Crippen LogP) is 2.56. The van der Waals surface area contributed by atoms with Crippen LogP contribution >= 0.6 is 0 Å². The number of para-hydroxylation sites is 1. The molecular weight excluding hydrogens is 254 g/mol. The van der Waals surface area contributed by atoms with Crippen molar-refractivity contribution in [2.24, 2.45) is 5.73 Å². The van der Waals surface area contributed by atoms with Gasteiger partial charge in [-0.15, -0.1) is 0 Å². The number of benzene rings is 1. The van der Waals surface area contributed by atoms with Gasteiger partial charge in [-0.1, -0.05) is 12.1 Å². The summed E-state index contributed by atoms with van der Waals surface area (Å²) in [6, 6.07) is 7.82. The minimum atomic E-state index is 0.339. The van der Waals surface area contributed by atoms with Gasteiger partial charge in [0.05, 0.1) is 24.9 Å². The van der Waals surface area contributed by atoms with Crippen molar-refractivity contribution < 1.29 is 9.15 Å². The summed E-state index contributed by atoms with van der Waals surface area (Å²) >= 11 is 0. The summed E-state index contributed by atoms with van der Waals surface area (Å²) in [7, 11) is 0. The molecule has 0 aliphatic heterocycles. The van der Waals surface area contributed by atoms with E-state index in [9.17, 15) is 0 Å². The Morgan fingerprint density at radius 1 is 1.30 bits per heavy atom. The van der Waals surface area contributed by atoms with Gasteiger partial charge < -0.3 is 19.5 Å². The van der Waals surface area contributed by atoms with Crippen LogP contribution in [0.3, 0.4) is 0 Å². The van der Waals surface area contributed by atoms with E-state index < -0.39 is 0 Å². The van der Waals surface area contributed by atoms with Gasteiger partial charge in [0, 0.05) is 18.9 Å². The highest BCUT2D eigenvalue weighted by molar-refractivity contribution is 5.85. The van der Waals surface area contributed by atoms with Crippen molar-refractivity contribution in [1.29, 1.82) is 0 Å². The summed E-state index contributed by atoms with van der Waals surface area (Å²) in [5, 5.41) is 0.982. The minimum Gasteiger partial charge on any atom is -0.489 e. The van der Waals surface area contributed by atoms with E-state index in [2.05, 4.69) is 4.98 Å². The molecule has 2 aromatic heterocycles. The summed E-state index contributed by atoms with van der Waals surface area (Å²) in [5.74, 6) is 1.47. The first-order chi connectivity index (χ1) is 9.88. The molecule has 0 spiro atoms. The average molecular weight is 271 g/mol. The van der Waals surface area contributed by atoms with Crippen molar-refractivity contribution in [2.75, 3.05) is 6.61 Å². The number of ether oxygens (including phenoxy) is 1. The largest absolute Gasteiger partial charge is 0.489 e. The van der Waals surface area contributed by atoms with Crippen LogP contribution in [0.5, 0.6) is 5.75 Å². The highest BCUT2D eigenvalue weighted by Gasteiger charge is 2.13. The van der Waals surface area contributed by atoms with Crippen LogP contribution in [0.1, 0.15) is 12.2 Å². The highest BCUT2D eigenvalue weighted by Crippen LogP contribution is 2.32. The quantitative estimate of drug-likeness (QED) is 0.700. The molecule has 0 aliphatic rings. The molecule has 0 atom stereocenters. The number of nitrogens with two attached hydrogens (primary N) is 1. The second-order valence-electron chi connectivity index (χ2n) is 4.56. The fraction of sp³-hybridized carbons (Fsp3) is 0.267. The first kappa shape index (κ1) is 12.7. The molecule has 0 amide bonds. The van der Waals surface area contributed by atoms with Gasteiger partial charge in [0.2, 0.25) is 0 Å². The van der Waals surface area contributed by atoms with Gasteiger partial charge in [-0.05, 0) is 18.6 Å². The van der Waals surface area contributed by atoms with Crippen LogP contribution in [-0.2, 0) is 13.1 Å². The third-order valence-electron chi connectivity index (χ3n) is 3.17. The Morgan fingerprint density at radius 3 is 3.00 bits per heavy atom. The van der Waals surface area contributed by atoms with E-state index in [1.165, 1.54) is 0 Å². The van der Waals surface area contributed by atoms with Gasteiger partial charge >= 0.3 is 0 Å². The number of imidazole rings is 1. The maximum Gasteiger partial charge on any atom is 0.169 e. The van der Waals surface area contributed by atoms with Gasteiger partial charge in [-0.25, -0.2) is 4.98 Å². The number of hydrogen-bond donors (Lipinski definition) is 1. The van der Waals surface area contributed by atoms with Gasteiger partial charge in [0.15, 0.2) is 11.5 Å². The van der Waals surface area contributed by atoms with Crippen LogP contribution < -0.4 is 10.5 Å². The van der Waals surface area contributed by atoms with Crippen molar-refractivity contribution in [3.63, 3.8) is 0 Å². The van der Waals surface area contributed by atoms with E-state index in [0.717, 1.165) is 29.7 Å². The molecule has 5 heteroatoms. The Kier molecular flexibility index (Phi) is 3.69. The lowest BCUT2D eigenvalue weighted by molar-refractivity contribution is 0.295. The summed E-state index contributed by atoms with van der Waals surface area (Å²) in [6.45, 7) is 1.84. The van der Waals surface area contributed by atoms with Gasteiger partial charge in [-0.3, -0.25) is 0 Å². The molecule has 0 aliphatic carbocycles. The summed E-state index contributed by atoms with van der Waals surface area (Å²) in [4.78, 5) is 4.01. The maximum absolute atomic E-state index is 5.87. The minimum absolute atomic E-state index is 0.339. The molecule has 2 N–H and O–H groups in total. The molecule has 2 heterocycles. The molecule has 3 aromatic rings. The zero-order valence-electron chi connectivity index (χ0n) is 11.2. The summed E-state index contributed by atoms with van der Waals surface area (Å²) in [5.41, 5.74) is 6.53. The molecule has 20 heavy (non-hydrogen) atoms. The molecule has 0 unspecified atom stereocenters. The van der Waals surface area contributed by atoms with E-state index in [1.54, 1.807) is 12.5 Å². The zero-order valence-corrected chi connectivity index (χ0v) is 11.2. The van der Waals surface area contributed by atoms with Crippen LogP contribution in [0.2, 0.25) is 0 Å². The highest BCUT2D eigenvalue weighted by atomic mass is 16.5. The maximum atomic E-state index is 5.87. The molecule has 0 radical (unpaired) electrons. The third-order valence-corrected chi connectivity index (χ3v) is 3.17. The van der Waals surface area contributed by atoms with Crippen LogP contribution in [0.4, 0.5) is 0 Å². The SMILES string of the molecule is NCc1oc2ccccc2c1OCCCn1ccnc1. The number of aromatic nitrogens is 2. The van der Waals surface area contributed by atoms with Gasteiger partial charge in [0.25, 0.3) is 0 Å². The number of furan rings is 1. The Labute approximate surface area is 117 Å². The van der Waals surface area contributed by atoms with E-state index in [1.807, 2.05) is 35.0 Å². The number of fused-ring (bicyclic) bond motifs is 1. The molecule has 0 bridgehead atoms. The van der Waals surface area contributed by atoms with Crippen LogP contribution in [0, 0.1) is 0 Å². The van der Waals surface area contributed by atoms with Crippen molar-refractivity contribution in [1.82, 2.24) is 9.55 Å². The smallest absolute Gasteiger partial charge is 0.169 e. The Morgan fingerprint density at radius 2 is 2.20 bits per heavy atom. The normalized spacial score (nSPS) is 11.1. The number of hydrogen-bond acceptors (Lipinski definition) is 4. The number of aryl methyl sites for hydroxylation is 1. The third kappa shape index (κ3) is 2.53. The summed E-state index contributed by atoms with van der Waals surface area (Å²) in [6.07, 6.45) is 6.42. The van der Waals surface area contributed by atoms with E-state index in [4.69, 9.17) is 14.9 Å². The number of rotatable bonds is 6. The molecule has 0 fully saturated rings. The Balaban J connectivity index is 1.67. The molecule has 0 saturated heterocycles. The average Bonchev–Trinajstić information content (AvgIpc) is 3.11. The van der Waals surface area contributed by atoms with Crippen LogP contribution in [0.25, 0.3) is 11.0 Å². The summed E-state index contributed by atoms with van der Waals surface area (Å²) < 4.78 is 13.6. The van der Waals surface area contributed by atoms with Crippen molar-refractivity contribution in [2.45, 2.75) is 19.5 Å². The van der Waals surface area contributed by atoms with E-state index in [0.29, 0.717) is 18.9 Å². The van der Waals surface area contributed by atoms with Crippen molar-refractivity contribution in [3.8, 4) is 5.75 Å². The van der Waals surface area contributed by atoms with Gasteiger partial charge in [0.1, 0.15) is 5.58 Å². The monoisotopic (exact) mass is 271 g/mol. The molecular formula is C15H17N3O2. The topological polar surface area (TPSA) is 66.2 Å². The van der Waals surface area contributed by atoms with Gasteiger partial charge in [-0.2, -0.15) is 0 Å². The molecule has 104 valence electrons. The molecule has 0 saturated carbocycles. The first-order valence-corrected chi connectivity index (χ1v) is 6.67. The molecule has 3 rings (SSSR count). The van der Waals surface area contributed by atoms with E-state index >= 15 is 0 Å². The lowest BCUT2D eigenvalue weighted by Gasteiger charge is -2.06. The molecule has 1 aromatic carbocycles. The van der Waals surface area contributed by atoms with E-state index in [-0.39, 0.29) is 0 Å². The van der Waals surface area contributed by atoms with Crippen LogP contribution in [-0.4, -0.2) is 16.2 Å². The fourth-order valence-electron chi connectivity index (χ4n) is 2.21. The second kappa shape index (κ2) is 5.79. The standard InChI is InChI=1S/C15H17N3O2/c16-10-14-15(12-4-1-2-5-13(12)20-14)19-9-3-7-18-8-6-17-11-18/h1-2,4-6,8,11H,3,7,9-10,16H2. The predicted molar refractivity (Wildman–Crippen MR) is 76.4 cm³/mol. The van der Waals surface area contributed by atoms with Crippen LogP contribution in [0.15, 0.2) is 47.4 Å². The lowest BCUT2D eigenvalue weighted by atomic mass is 10.2. The lowest BCUT2D eigenvalue weighted by Crippen LogP contribution is -2.05. The fourth-order valence-corrected chi connectivity index (χ4v) is 2.21. The number of nitrogens with zero attached hydrogens (tertiary/aromatic N) is 2. The zero-order chi connectivity index (χ0) is 13.8. The Hall–Kier alpha value is -2.27. The Bertz CT molecular complexity index is 674. The first-order valence-electron chi connectivity index (χ1n) is 6.67.